The van der Waals surface area contributed by atoms with Crippen molar-refractivity contribution < 1.29 is 19.1 Å². The lowest BCUT2D eigenvalue weighted by molar-refractivity contribution is -0.141. The minimum absolute atomic E-state index is 0.192. The summed E-state index contributed by atoms with van der Waals surface area (Å²) in [5.74, 6) is -1.04. The molecule has 0 atom stereocenters. The molecule has 1 rings (SSSR count). The maximum absolute atomic E-state index is 11.6. The molecule has 156 valence electrons. The lowest BCUT2D eigenvalue weighted by atomic mass is 10.1. The first-order chi connectivity index (χ1) is 13.7. The molecule has 28 heavy (non-hydrogen) atoms. The van der Waals surface area contributed by atoms with E-state index in [1.807, 2.05) is 30.3 Å². The van der Waals surface area contributed by atoms with Crippen molar-refractivity contribution in [3.8, 4) is 0 Å². The van der Waals surface area contributed by atoms with Gasteiger partial charge in [0.05, 0.1) is 6.61 Å². The second-order valence-corrected chi connectivity index (χ2v) is 7.13. The summed E-state index contributed by atoms with van der Waals surface area (Å²) in [6, 6.07) is 9.41. The topological polar surface area (TPSA) is 52.6 Å². The van der Waals surface area contributed by atoms with Crippen LogP contribution in [0.1, 0.15) is 83.1 Å². The van der Waals surface area contributed by atoms with E-state index in [0.717, 1.165) is 30.6 Å². The Balaban J connectivity index is 1.93. The average molecular weight is 389 g/mol. The SMILES string of the molecule is CCCCCCCCCCCCCOC(=O)C=CC(=O)OCc1ccccc1. The third kappa shape index (κ3) is 14.0. The van der Waals surface area contributed by atoms with Crippen LogP contribution in [-0.4, -0.2) is 18.5 Å². The van der Waals surface area contributed by atoms with E-state index in [2.05, 4.69) is 6.92 Å². The molecule has 0 spiro atoms. The smallest absolute Gasteiger partial charge is 0.331 e. The highest BCUT2D eigenvalue weighted by atomic mass is 16.5. The van der Waals surface area contributed by atoms with Gasteiger partial charge in [0.25, 0.3) is 0 Å². The molecular weight excluding hydrogens is 352 g/mol. The molecule has 0 aromatic heterocycles. The Morgan fingerprint density at radius 3 is 1.79 bits per heavy atom. The monoisotopic (exact) mass is 388 g/mol. The Kier molecular flexibility index (Phi) is 14.6. The zero-order valence-electron chi connectivity index (χ0n) is 17.4. The van der Waals surface area contributed by atoms with Gasteiger partial charge in [-0.25, -0.2) is 9.59 Å². The lowest BCUT2D eigenvalue weighted by Gasteiger charge is -2.04. The van der Waals surface area contributed by atoms with Crippen LogP contribution in [0.25, 0.3) is 0 Å². The zero-order chi connectivity index (χ0) is 20.3. The number of unbranched alkanes of at least 4 members (excludes halogenated alkanes) is 10. The van der Waals surface area contributed by atoms with Crippen LogP contribution < -0.4 is 0 Å². The highest BCUT2D eigenvalue weighted by Gasteiger charge is 2.02. The quantitative estimate of drug-likeness (QED) is 0.194. The first-order valence-corrected chi connectivity index (χ1v) is 10.8. The molecule has 0 radical (unpaired) electrons. The predicted octanol–water partition coefficient (Wildman–Crippen LogP) is 6.14. The molecule has 0 unspecified atom stereocenters. The number of benzene rings is 1. The maximum atomic E-state index is 11.6. The van der Waals surface area contributed by atoms with E-state index in [-0.39, 0.29) is 6.61 Å². The van der Waals surface area contributed by atoms with Gasteiger partial charge in [-0.1, -0.05) is 101 Å². The molecule has 4 nitrogen and oxygen atoms in total. The summed E-state index contributed by atoms with van der Waals surface area (Å²) >= 11 is 0. The summed E-state index contributed by atoms with van der Waals surface area (Å²) in [6.07, 6.45) is 16.1. The number of rotatable bonds is 16. The van der Waals surface area contributed by atoms with Crippen molar-refractivity contribution in [1.82, 2.24) is 0 Å². The second kappa shape index (κ2) is 17.0. The van der Waals surface area contributed by atoms with Crippen molar-refractivity contribution in [3.05, 3.63) is 48.0 Å². The summed E-state index contributed by atoms with van der Waals surface area (Å²) in [5, 5.41) is 0. The van der Waals surface area contributed by atoms with Crippen molar-refractivity contribution in [1.29, 1.82) is 0 Å². The van der Waals surface area contributed by atoms with Gasteiger partial charge >= 0.3 is 11.9 Å². The van der Waals surface area contributed by atoms with Gasteiger partial charge in [-0.05, 0) is 12.0 Å². The minimum atomic E-state index is -0.546. The summed E-state index contributed by atoms with van der Waals surface area (Å²) < 4.78 is 10.2. The van der Waals surface area contributed by atoms with Crippen LogP contribution in [0, 0.1) is 0 Å². The normalized spacial score (nSPS) is 10.9. The Labute approximate surface area is 170 Å². The lowest BCUT2D eigenvalue weighted by Crippen LogP contribution is -2.05. The highest BCUT2D eigenvalue weighted by Crippen LogP contribution is 2.11. The van der Waals surface area contributed by atoms with Gasteiger partial charge < -0.3 is 9.47 Å². The number of hydrogen-bond donors (Lipinski definition) is 0. The third-order valence-corrected chi connectivity index (χ3v) is 4.57. The molecule has 0 heterocycles. The molecule has 0 aliphatic heterocycles. The fourth-order valence-corrected chi connectivity index (χ4v) is 2.90. The Hall–Kier alpha value is -2.10. The molecule has 0 aliphatic rings. The van der Waals surface area contributed by atoms with E-state index in [0.29, 0.717) is 6.61 Å². The van der Waals surface area contributed by atoms with Crippen molar-refractivity contribution in [3.63, 3.8) is 0 Å². The zero-order valence-corrected chi connectivity index (χ0v) is 17.4. The summed E-state index contributed by atoms with van der Waals surface area (Å²) in [5.41, 5.74) is 0.906. The molecule has 0 N–H and O–H groups in total. The molecule has 0 saturated carbocycles. The maximum Gasteiger partial charge on any atom is 0.331 e. The fraction of sp³-hybridized carbons (Fsp3) is 0.583. The van der Waals surface area contributed by atoms with Gasteiger partial charge in [0.2, 0.25) is 0 Å². The molecule has 0 saturated heterocycles. The van der Waals surface area contributed by atoms with Crippen molar-refractivity contribution in [2.45, 2.75) is 84.2 Å². The van der Waals surface area contributed by atoms with E-state index < -0.39 is 11.9 Å². The van der Waals surface area contributed by atoms with Crippen LogP contribution in [-0.2, 0) is 25.7 Å². The summed E-state index contributed by atoms with van der Waals surface area (Å²) in [4.78, 5) is 23.2. The predicted molar refractivity (Wildman–Crippen MR) is 113 cm³/mol. The summed E-state index contributed by atoms with van der Waals surface area (Å²) in [7, 11) is 0. The fourth-order valence-electron chi connectivity index (χ4n) is 2.90. The number of esters is 2. The molecular formula is C24H36O4. The van der Waals surface area contributed by atoms with Crippen LogP contribution in [0.3, 0.4) is 0 Å². The molecule has 4 heteroatoms. The number of carbonyl (C=O) groups excluding carboxylic acids is 2. The van der Waals surface area contributed by atoms with Gasteiger partial charge in [-0.3, -0.25) is 0 Å². The van der Waals surface area contributed by atoms with Crippen LogP contribution in [0.2, 0.25) is 0 Å². The van der Waals surface area contributed by atoms with Crippen molar-refractivity contribution in [2.24, 2.45) is 0 Å². The third-order valence-electron chi connectivity index (χ3n) is 4.57. The van der Waals surface area contributed by atoms with Gasteiger partial charge in [-0.2, -0.15) is 0 Å². The Morgan fingerprint density at radius 1 is 0.714 bits per heavy atom. The Morgan fingerprint density at radius 2 is 1.21 bits per heavy atom. The number of hydrogen-bond acceptors (Lipinski definition) is 4. The molecule has 0 fully saturated rings. The standard InChI is InChI=1S/C24H36O4/c1-2-3-4-5-6-7-8-9-10-11-15-20-27-23(25)18-19-24(26)28-21-22-16-13-12-14-17-22/h12-14,16-19H,2-11,15,20-21H2,1H3. The molecule has 1 aromatic rings. The molecule has 1 aromatic carbocycles. The molecule has 0 amide bonds. The van der Waals surface area contributed by atoms with E-state index in [1.54, 1.807) is 0 Å². The van der Waals surface area contributed by atoms with Crippen molar-refractivity contribution >= 4 is 11.9 Å². The van der Waals surface area contributed by atoms with E-state index in [9.17, 15) is 9.59 Å². The van der Waals surface area contributed by atoms with Crippen LogP contribution >= 0.6 is 0 Å². The average Bonchev–Trinajstić information content (AvgIpc) is 2.72. The minimum Gasteiger partial charge on any atom is -0.463 e. The Bertz CT molecular complexity index is 551. The number of ether oxygens (including phenoxy) is 2. The second-order valence-electron chi connectivity index (χ2n) is 7.13. The largest absolute Gasteiger partial charge is 0.463 e. The van der Waals surface area contributed by atoms with Crippen LogP contribution in [0.5, 0.6) is 0 Å². The molecule has 0 bridgehead atoms. The van der Waals surface area contributed by atoms with E-state index >= 15 is 0 Å². The van der Waals surface area contributed by atoms with Gasteiger partial charge in [0.1, 0.15) is 6.61 Å². The summed E-state index contributed by atoms with van der Waals surface area (Å²) in [6.45, 7) is 2.84. The van der Waals surface area contributed by atoms with Gasteiger partial charge in [0.15, 0.2) is 0 Å². The van der Waals surface area contributed by atoms with E-state index in [1.165, 1.54) is 57.8 Å². The highest BCUT2D eigenvalue weighted by molar-refractivity contribution is 5.91. The van der Waals surface area contributed by atoms with Gasteiger partial charge in [-0.15, -0.1) is 0 Å². The first-order valence-electron chi connectivity index (χ1n) is 10.8. The van der Waals surface area contributed by atoms with Gasteiger partial charge in [0, 0.05) is 12.2 Å². The molecule has 0 aliphatic carbocycles. The van der Waals surface area contributed by atoms with E-state index in [4.69, 9.17) is 9.47 Å². The van der Waals surface area contributed by atoms with Crippen molar-refractivity contribution in [2.75, 3.05) is 6.61 Å². The first kappa shape index (κ1) is 23.9. The van der Waals surface area contributed by atoms with Crippen LogP contribution in [0.15, 0.2) is 42.5 Å². The van der Waals surface area contributed by atoms with Crippen LogP contribution in [0.4, 0.5) is 0 Å². The number of carbonyl (C=O) groups is 2.